The molecule has 2 aromatic rings. The van der Waals surface area contributed by atoms with Gasteiger partial charge in [-0.05, 0) is 29.8 Å². The van der Waals surface area contributed by atoms with E-state index in [9.17, 15) is 14.7 Å². The predicted molar refractivity (Wildman–Crippen MR) is 85.5 cm³/mol. The second-order valence-corrected chi connectivity index (χ2v) is 4.93. The third-order valence-corrected chi connectivity index (χ3v) is 3.21. The maximum Gasteiger partial charge on any atom is 0.168 e. The lowest BCUT2D eigenvalue weighted by Gasteiger charge is -2.10. The molecule has 1 N–H and O–H groups in total. The molecular weight excluding hydrogens is 294 g/mol. The highest BCUT2D eigenvalue weighted by atomic mass is 16.5. The Bertz CT molecular complexity index is 735. The van der Waals surface area contributed by atoms with Crippen molar-refractivity contribution >= 4 is 17.4 Å². The molecule has 23 heavy (non-hydrogen) atoms. The summed E-state index contributed by atoms with van der Waals surface area (Å²) in [5.41, 5.74) is 1.80. The maximum absolute atomic E-state index is 12.2. The molecule has 0 spiro atoms. The van der Waals surface area contributed by atoms with Crippen LogP contribution in [-0.2, 0) is 0 Å². The molecule has 5 nitrogen and oxygen atoms in total. The first kappa shape index (κ1) is 16.3. The second-order valence-electron chi connectivity index (χ2n) is 4.93. The number of aromatic carboxylic acids is 1. The first-order chi connectivity index (χ1) is 11.0. The summed E-state index contributed by atoms with van der Waals surface area (Å²) >= 11 is 0. The standard InChI is InChI=1S/C18H17NO4/c1-12(19-15-8-6-13(7-9-15)18(21)22)10-17(20)14-4-3-5-16(11-14)23-2/h3-9,11,19H,1,10H2,2H3,(H,21,22)/p-1. The van der Waals surface area contributed by atoms with Gasteiger partial charge >= 0.3 is 0 Å². The number of Topliss-reactive ketones (excluding diaryl/α,β-unsaturated/α-hetero) is 1. The number of benzene rings is 2. The Hall–Kier alpha value is -3.08. The number of hydrogen-bond donors (Lipinski definition) is 1. The van der Waals surface area contributed by atoms with Gasteiger partial charge in [0, 0.05) is 16.9 Å². The summed E-state index contributed by atoms with van der Waals surface area (Å²) in [6, 6.07) is 12.9. The molecule has 118 valence electrons. The van der Waals surface area contributed by atoms with Crippen molar-refractivity contribution < 1.29 is 19.4 Å². The van der Waals surface area contributed by atoms with Gasteiger partial charge in [0.05, 0.1) is 19.5 Å². The Morgan fingerprint density at radius 2 is 1.83 bits per heavy atom. The van der Waals surface area contributed by atoms with Gasteiger partial charge in [0.1, 0.15) is 5.75 Å². The van der Waals surface area contributed by atoms with Gasteiger partial charge in [-0.3, -0.25) is 4.79 Å². The zero-order valence-electron chi connectivity index (χ0n) is 12.7. The van der Waals surface area contributed by atoms with Crippen LogP contribution in [0.3, 0.4) is 0 Å². The van der Waals surface area contributed by atoms with Gasteiger partial charge in [0.2, 0.25) is 0 Å². The molecule has 5 heteroatoms. The minimum absolute atomic E-state index is 0.0900. The van der Waals surface area contributed by atoms with E-state index in [2.05, 4.69) is 11.9 Å². The fourth-order valence-electron chi connectivity index (χ4n) is 2.03. The highest BCUT2D eigenvalue weighted by Crippen LogP contribution is 2.17. The molecule has 0 aromatic heterocycles. The summed E-state index contributed by atoms with van der Waals surface area (Å²) < 4.78 is 5.09. The SMILES string of the molecule is C=C(CC(=O)c1cccc(OC)c1)Nc1ccc(C(=O)[O-])cc1. The fraction of sp³-hybridized carbons (Fsp3) is 0.111. The minimum Gasteiger partial charge on any atom is -0.545 e. The van der Waals surface area contributed by atoms with Crippen molar-refractivity contribution in [3.05, 3.63) is 71.9 Å². The van der Waals surface area contributed by atoms with Crippen LogP contribution in [-0.4, -0.2) is 18.9 Å². The number of nitrogens with one attached hydrogen (secondary N) is 1. The number of ether oxygens (including phenoxy) is 1. The zero-order chi connectivity index (χ0) is 16.8. The number of carboxylic acids is 1. The molecular formula is C18H16NO4-. The zero-order valence-corrected chi connectivity index (χ0v) is 12.7. The molecule has 2 aromatic carbocycles. The largest absolute Gasteiger partial charge is 0.545 e. The van der Waals surface area contributed by atoms with E-state index in [-0.39, 0.29) is 17.8 Å². The molecule has 2 rings (SSSR count). The van der Waals surface area contributed by atoms with Gasteiger partial charge in [-0.15, -0.1) is 0 Å². The Morgan fingerprint density at radius 3 is 2.43 bits per heavy atom. The molecule has 0 aliphatic carbocycles. The van der Waals surface area contributed by atoms with E-state index in [0.717, 1.165) is 0 Å². The van der Waals surface area contributed by atoms with Gasteiger partial charge in [0.15, 0.2) is 5.78 Å². The molecule has 0 atom stereocenters. The van der Waals surface area contributed by atoms with Crippen molar-refractivity contribution in [3.63, 3.8) is 0 Å². The van der Waals surface area contributed by atoms with E-state index in [0.29, 0.717) is 22.7 Å². The third kappa shape index (κ3) is 4.44. The first-order valence-corrected chi connectivity index (χ1v) is 6.93. The third-order valence-electron chi connectivity index (χ3n) is 3.21. The number of rotatable bonds is 7. The normalized spacial score (nSPS) is 9.96. The Balaban J connectivity index is 1.98. The molecule has 0 fully saturated rings. The Morgan fingerprint density at radius 1 is 1.13 bits per heavy atom. The minimum atomic E-state index is -1.23. The summed E-state index contributed by atoms with van der Waals surface area (Å²) in [5, 5.41) is 13.7. The number of anilines is 1. The van der Waals surface area contributed by atoms with Gasteiger partial charge in [-0.1, -0.05) is 30.8 Å². The van der Waals surface area contributed by atoms with Crippen LogP contribution in [0, 0.1) is 0 Å². The summed E-state index contributed by atoms with van der Waals surface area (Å²) in [6.07, 6.45) is 0.120. The average molecular weight is 310 g/mol. The van der Waals surface area contributed by atoms with Crippen molar-refractivity contribution in [2.75, 3.05) is 12.4 Å². The van der Waals surface area contributed by atoms with E-state index >= 15 is 0 Å². The van der Waals surface area contributed by atoms with Crippen molar-refractivity contribution in [3.8, 4) is 5.75 Å². The number of carbonyl (C=O) groups excluding carboxylic acids is 2. The van der Waals surface area contributed by atoms with Crippen LogP contribution < -0.4 is 15.2 Å². The van der Waals surface area contributed by atoms with Crippen LogP contribution in [0.2, 0.25) is 0 Å². The van der Waals surface area contributed by atoms with E-state index in [1.807, 2.05) is 0 Å². The van der Waals surface area contributed by atoms with Crippen molar-refractivity contribution in [2.45, 2.75) is 6.42 Å². The van der Waals surface area contributed by atoms with Crippen molar-refractivity contribution in [1.82, 2.24) is 0 Å². The molecule has 0 saturated heterocycles. The molecule has 0 unspecified atom stereocenters. The number of hydrogen-bond acceptors (Lipinski definition) is 5. The lowest BCUT2D eigenvalue weighted by Crippen LogP contribution is -2.21. The van der Waals surface area contributed by atoms with Gasteiger partial charge in [0.25, 0.3) is 0 Å². The predicted octanol–water partition coefficient (Wildman–Crippen LogP) is 2.26. The molecule has 0 amide bonds. The summed E-state index contributed by atoms with van der Waals surface area (Å²) in [4.78, 5) is 22.9. The smallest absolute Gasteiger partial charge is 0.168 e. The molecule has 0 aliphatic heterocycles. The number of ketones is 1. The summed E-state index contributed by atoms with van der Waals surface area (Å²) in [7, 11) is 1.54. The lowest BCUT2D eigenvalue weighted by molar-refractivity contribution is -0.255. The van der Waals surface area contributed by atoms with E-state index < -0.39 is 5.97 Å². The summed E-state index contributed by atoms with van der Waals surface area (Å²) in [5.74, 6) is -0.705. The Labute approximate surface area is 134 Å². The topological polar surface area (TPSA) is 78.5 Å². The number of allylic oxidation sites excluding steroid dienone is 1. The number of carboxylic acid groups (broad SMARTS) is 1. The van der Waals surface area contributed by atoms with E-state index in [1.54, 1.807) is 43.5 Å². The number of methoxy groups -OCH3 is 1. The highest BCUT2D eigenvalue weighted by Gasteiger charge is 2.09. The number of carbonyl (C=O) groups is 2. The van der Waals surface area contributed by atoms with E-state index in [1.165, 1.54) is 12.1 Å². The van der Waals surface area contributed by atoms with E-state index in [4.69, 9.17) is 4.74 Å². The molecule has 0 heterocycles. The maximum atomic E-state index is 12.2. The van der Waals surface area contributed by atoms with Crippen molar-refractivity contribution in [2.24, 2.45) is 0 Å². The monoisotopic (exact) mass is 310 g/mol. The average Bonchev–Trinajstić information content (AvgIpc) is 2.55. The van der Waals surface area contributed by atoms with Gasteiger partial charge in [-0.2, -0.15) is 0 Å². The van der Waals surface area contributed by atoms with Crippen LogP contribution in [0.1, 0.15) is 27.1 Å². The highest BCUT2D eigenvalue weighted by molar-refractivity contribution is 5.98. The second kappa shape index (κ2) is 7.26. The van der Waals surface area contributed by atoms with Crippen LogP contribution in [0.25, 0.3) is 0 Å². The Kier molecular flexibility index (Phi) is 5.15. The molecule has 0 aliphatic rings. The van der Waals surface area contributed by atoms with Crippen LogP contribution in [0.15, 0.2) is 60.8 Å². The van der Waals surface area contributed by atoms with Gasteiger partial charge < -0.3 is 20.0 Å². The first-order valence-electron chi connectivity index (χ1n) is 6.93. The lowest BCUT2D eigenvalue weighted by atomic mass is 10.1. The molecule has 0 saturated carbocycles. The summed E-state index contributed by atoms with van der Waals surface area (Å²) in [6.45, 7) is 3.82. The van der Waals surface area contributed by atoms with Gasteiger partial charge in [-0.25, -0.2) is 0 Å². The molecule has 0 radical (unpaired) electrons. The van der Waals surface area contributed by atoms with Crippen LogP contribution in [0.5, 0.6) is 5.75 Å². The van der Waals surface area contributed by atoms with Crippen LogP contribution in [0.4, 0.5) is 5.69 Å². The molecule has 0 bridgehead atoms. The fourth-order valence-corrected chi connectivity index (χ4v) is 2.03. The van der Waals surface area contributed by atoms with Crippen LogP contribution >= 0.6 is 0 Å². The quantitative estimate of drug-likeness (QED) is 0.794. The van der Waals surface area contributed by atoms with Crippen molar-refractivity contribution in [1.29, 1.82) is 0 Å².